The van der Waals surface area contributed by atoms with Gasteiger partial charge in [0.2, 0.25) is 5.91 Å². The van der Waals surface area contributed by atoms with Crippen LogP contribution >= 0.6 is 12.2 Å². The minimum absolute atomic E-state index is 0. The normalized spacial score (nSPS) is 30.6. The summed E-state index contributed by atoms with van der Waals surface area (Å²) in [6.07, 6.45) is 1.95. The number of rotatable bonds is 3. The van der Waals surface area contributed by atoms with Crippen molar-refractivity contribution in [1.29, 1.82) is 0 Å². The number of hydrogen-bond donors (Lipinski definition) is 1. The third kappa shape index (κ3) is 2.74. The van der Waals surface area contributed by atoms with Gasteiger partial charge >= 0.3 is 0 Å². The first-order chi connectivity index (χ1) is 10.1. The van der Waals surface area contributed by atoms with Crippen LogP contribution in [0.25, 0.3) is 0 Å². The van der Waals surface area contributed by atoms with Gasteiger partial charge in [0.05, 0.1) is 12.6 Å². The number of ketones is 1. The highest BCUT2D eigenvalue weighted by Crippen LogP contribution is 2.64. The Kier molecular flexibility index (Phi) is 5.48. The van der Waals surface area contributed by atoms with Gasteiger partial charge in [0.1, 0.15) is 0 Å². The molecular weight excluding hydrogens is 314 g/mol. The smallest absolute Gasteiger partial charge is 0.241 e. The number of hydrogen-bond acceptors (Lipinski definition) is 3. The van der Waals surface area contributed by atoms with Gasteiger partial charge in [-0.25, -0.2) is 0 Å². The standard InChI is InChI=1S/C16H27N3O2S.H2O/c1-15(2)10-7-8-16(15,3)13(21)12(10)19(14(22)17-4)9-11(20)18(5)6;/h10,12H,7-9H2,1-6H3,(H,17,22);1H2. The molecule has 1 amide bonds. The van der Waals surface area contributed by atoms with Crippen molar-refractivity contribution >= 4 is 29.0 Å². The zero-order chi connectivity index (χ0) is 16.9. The van der Waals surface area contributed by atoms with Crippen molar-refractivity contribution in [2.24, 2.45) is 16.7 Å². The van der Waals surface area contributed by atoms with Gasteiger partial charge in [0, 0.05) is 26.6 Å². The number of Topliss-reactive ketones (excluding diaryl/α,β-unsaturated/α-hetero) is 1. The van der Waals surface area contributed by atoms with Crippen LogP contribution in [0.3, 0.4) is 0 Å². The Balaban J connectivity index is 0.00000264. The van der Waals surface area contributed by atoms with Gasteiger partial charge in [-0.1, -0.05) is 20.8 Å². The lowest BCUT2D eigenvalue weighted by Crippen LogP contribution is -2.55. The molecule has 3 N–H and O–H groups in total. The molecule has 2 saturated carbocycles. The quantitative estimate of drug-likeness (QED) is 0.752. The summed E-state index contributed by atoms with van der Waals surface area (Å²) in [6.45, 7) is 6.57. The molecule has 23 heavy (non-hydrogen) atoms. The van der Waals surface area contributed by atoms with Crippen molar-refractivity contribution in [2.45, 2.75) is 39.7 Å². The molecule has 0 aliphatic heterocycles. The maximum absolute atomic E-state index is 13.1. The van der Waals surface area contributed by atoms with E-state index in [4.69, 9.17) is 12.2 Å². The molecule has 0 radical (unpaired) electrons. The second-order valence-corrected chi connectivity index (χ2v) is 7.87. The minimum atomic E-state index is -0.314. The highest BCUT2D eigenvalue weighted by Gasteiger charge is 2.67. The molecule has 0 aromatic carbocycles. The topological polar surface area (TPSA) is 84.2 Å². The second-order valence-electron chi connectivity index (χ2n) is 7.48. The largest absolute Gasteiger partial charge is 0.412 e. The van der Waals surface area contributed by atoms with Gasteiger partial charge in [-0.2, -0.15) is 0 Å². The number of nitrogens with one attached hydrogen (secondary N) is 1. The maximum Gasteiger partial charge on any atom is 0.241 e. The Morgan fingerprint density at radius 3 is 2.30 bits per heavy atom. The predicted molar refractivity (Wildman–Crippen MR) is 94.1 cm³/mol. The van der Waals surface area contributed by atoms with Crippen LogP contribution in [0.1, 0.15) is 33.6 Å². The van der Waals surface area contributed by atoms with Crippen molar-refractivity contribution in [3.05, 3.63) is 0 Å². The Labute approximate surface area is 143 Å². The van der Waals surface area contributed by atoms with Crippen LogP contribution in [0.4, 0.5) is 0 Å². The van der Waals surface area contributed by atoms with E-state index in [-0.39, 0.29) is 46.5 Å². The highest BCUT2D eigenvalue weighted by molar-refractivity contribution is 7.80. The summed E-state index contributed by atoms with van der Waals surface area (Å²) < 4.78 is 0. The lowest BCUT2D eigenvalue weighted by Gasteiger charge is -2.36. The molecule has 0 aromatic heterocycles. The van der Waals surface area contributed by atoms with Crippen molar-refractivity contribution in [1.82, 2.24) is 15.1 Å². The summed E-state index contributed by atoms with van der Waals surface area (Å²) in [5.74, 6) is 0.431. The number of fused-ring (bicyclic) bond motifs is 2. The summed E-state index contributed by atoms with van der Waals surface area (Å²) in [6, 6.07) is -0.294. The number of amides is 1. The molecule has 2 fully saturated rings. The molecule has 2 rings (SSSR count). The van der Waals surface area contributed by atoms with E-state index in [9.17, 15) is 9.59 Å². The molecule has 2 aliphatic carbocycles. The minimum Gasteiger partial charge on any atom is -0.412 e. The average molecular weight is 343 g/mol. The number of thiocarbonyl (C=S) groups is 1. The van der Waals surface area contributed by atoms with E-state index in [2.05, 4.69) is 26.1 Å². The number of nitrogens with zero attached hydrogens (tertiary/aromatic N) is 2. The molecule has 3 atom stereocenters. The van der Waals surface area contributed by atoms with Gasteiger partial charge in [0.25, 0.3) is 0 Å². The van der Waals surface area contributed by atoms with Crippen LogP contribution in [0.2, 0.25) is 0 Å². The SMILES string of the molecule is CNC(=S)N(CC(=O)N(C)C)C1C(=O)C2(C)CCC1C2(C)C.O. The van der Waals surface area contributed by atoms with E-state index in [1.807, 2.05) is 0 Å². The van der Waals surface area contributed by atoms with E-state index < -0.39 is 0 Å². The highest BCUT2D eigenvalue weighted by atomic mass is 32.1. The monoisotopic (exact) mass is 343 g/mol. The van der Waals surface area contributed by atoms with Gasteiger partial charge in [-0.3, -0.25) is 9.59 Å². The van der Waals surface area contributed by atoms with Crippen LogP contribution in [0.15, 0.2) is 0 Å². The van der Waals surface area contributed by atoms with Crippen LogP contribution in [0, 0.1) is 16.7 Å². The number of likely N-dealkylation sites (N-methyl/N-ethyl adjacent to an activating group) is 1. The van der Waals surface area contributed by atoms with Gasteiger partial charge < -0.3 is 20.6 Å². The molecule has 0 heterocycles. The van der Waals surface area contributed by atoms with Gasteiger partial charge in [-0.15, -0.1) is 0 Å². The number of carbonyl (C=O) groups is 2. The first-order valence-corrected chi connectivity index (χ1v) is 8.21. The van der Waals surface area contributed by atoms with Crippen molar-refractivity contribution in [3.8, 4) is 0 Å². The van der Waals surface area contributed by atoms with Crippen LogP contribution in [-0.2, 0) is 9.59 Å². The molecule has 0 aromatic rings. The van der Waals surface area contributed by atoms with E-state index in [0.29, 0.717) is 5.11 Å². The molecule has 7 heteroatoms. The Morgan fingerprint density at radius 1 is 1.35 bits per heavy atom. The molecular formula is C16H29N3O3S. The maximum atomic E-state index is 13.1. The summed E-state index contributed by atoms with van der Waals surface area (Å²) >= 11 is 5.39. The Morgan fingerprint density at radius 2 is 1.91 bits per heavy atom. The van der Waals surface area contributed by atoms with Crippen LogP contribution in [-0.4, -0.2) is 65.8 Å². The summed E-state index contributed by atoms with van der Waals surface area (Å²) in [5.41, 5.74) is -0.372. The summed E-state index contributed by atoms with van der Waals surface area (Å²) in [7, 11) is 5.17. The zero-order valence-electron chi connectivity index (χ0n) is 14.9. The number of carbonyl (C=O) groups excluding carboxylic acids is 2. The molecule has 132 valence electrons. The molecule has 0 spiro atoms. The predicted octanol–water partition coefficient (Wildman–Crippen LogP) is 0.450. The lowest BCUT2D eigenvalue weighted by molar-refractivity contribution is -0.134. The van der Waals surface area contributed by atoms with E-state index in [0.717, 1.165) is 12.8 Å². The first-order valence-electron chi connectivity index (χ1n) is 7.80. The molecule has 0 saturated heterocycles. The fraction of sp³-hybridized carbons (Fsp3) is 0.812. The second kappa shape index (κ2) is 6.36. The Hall–Kier alpha value is -1.21. The fourth-order valence-corrected chi connectivity index (χ4v) is 4.30. The molecule has 6 nitrogen and oxygen atoms in total. The average Bonchev–Trinajstić information content (AvgIpc) is 2.76. The van der Waals surface area contributed by atoms with E-state index >= 15 is 0 Å². The Bertz CT molecular complexity index is 521. The lowest BCUT2D eigenvalue weighted by atomic mass is 9.70. The van der Waals surface area contributed by atoms with Crippen LogP contribution in [0.5, 0.6) is 0 Å². The summed E-state index contributed by atoms with van der Waals surface area (Å²) in [5, 5.41) is 3.41. The van der Waals surface area contributed by atoms with Gasteiger partial charge in [0.15, 0.2) is 10.9 Å². The zero-order valence-corrected chi connectivity index (χ0v) is 15.7. The van der Waals surface area contributed by atoms with E-state index in [1.165, 1.54) is 4.90 Å². The fourth-order valence-electron chi connectivity index (χ4n) is 4.12. The van der Waals surface area contributed by atoms with Gasteiger partial charge in [-0.05, 0) is 36.4 Å². The van der Waals surface area contributed by atoms with E-state index in [1.54, 1.807) is 26.0 Å². The third-order valence-corrected chi connectivity index (χ3v) is 6.55. The molecule has 3 unspecified atom stereocenters. The first kappa shape index (κ1) is 19.8. The van der Waals surface area contributed by atoms with Crippen molar-refractivity contribution < 1.29 is 15.1 Å². The van der Waals surface area contributed by atoms with Crippen molar-refractivity contribution in [3.63, 3.8) is 0 Å². The molecule has 2 bridgehead atoms. The van der Waals surface area contributed by atoms with Crippen LogP contribution < -0.4 is 5.32 Å². The van der Waals surface area contributed by atoms with Crippen molar-refractivity contribution in [2.75, 3.05) is 27.7 Å². The summed E-state index contributed by atoms with van der Waals surface area (Å²) in [4.78, 5) is 28.6. The third-order valence-electron chi connectivity index (χ3n) is 6.11. The molecule has 2 aliphatic rings.